The van der Waals surface area contributed by atoms with Crippen LogP contribution in [0, 0.1) is 0 Å². The molecule has 0 amide bonds. The molecule has 1 aromatic carbocycles. The molecular weight excluding hydrogens is 256 g/mol. The van der Waals surface area contributed by atoms with Crippen LogP contribution in [0.15, 0.2) is 53.9 Å². The van der Waals surface area contributed by atoms with Crippen LogP contribution in [0.4, 0.5) is 0 Å². The van der Waals surface area contributed by atoms with Gasteiger partial charge in [-0.25, -0.2) is 0 Å². The molecule has 0 saturated heterocycles. The molecule has 5 nitrogen and oxygen atoms in total. The summed E-state index contributed by atoms with van der Waals surface area (Å²) in [5.41, 5.74) is 1.34. The molecule has 0 fully saturated rings. The summed E-state index contributed by atoms with van der Waals surface area (Å²) in [7, 11) is 1.58. The van der Waals surface area contributed by atoms with Gasteiger partial charge >= 0.3 is 0 Å². The summed E-state index contributed by atoms with van der Waals surface area (Å²) in [6.45, 7) is 0.222. The number of ether oxygens (including phenoxy) is 1. The van der Waals surface area contributed by atoms with Crippen molar-refractivity contribution >= 4 is 12.0 Å². The number of hydrogen-bond acceptors (Lipinski definition) is 4. The average molecular weight is 271 g/mol. The number of hydrogen-bond donors (Lipinski definition) is 1. The van der Waals surface area contributed by atoms with Gasteiger partial charge in [0, 0.05) is 11.6 Å². The van der Waals surface area contributed by atoms with Crippen LogP contribution in [0.1, 0.15) is 15.9 Å². The van der Waals surface area contributed by atoms with Gasteiger partial charge in [0.05, 0.1) is 18.9 Å². The Labute approximate surface area is 116 Å². The molecule has 1 aromatic heterocycles. The predicted octanol–water partition coefficient (Wildman–Crippen LogP) is 1.67. The summed E-state index contributed by atoms with van der Waals surface area (Å²) in [6, 6.07) is 10.6. The van der Waals surface area contributed by atoms with Gasteiger partial charge in [0.2, 0.25) is 12.3 Å². The third-order valence-electron chi connectivity index (χ3n) is 2.83. The van der Waals surface area contributed by atoms with Crippen molar-refractivity contribution in [3.63, 3.8) is 0 Å². The lowest BCUT2D eigenvalue weighted by Gasteiger charge is -2.01. The normalized spacial score (nSPS) is 10.7. The fraction of sp³-hybridized carbons (Fsp3) is 0.133. The number of Topliss-reactive ketones (excluding diaryl/α,β-unsaturated/α-hetero) is 1. The number of pyridine rings is 1. The molecule has 0 unspecified atom stereocenters. The van der Waals surface area contributed by atoms with Crippen LogP contribution in [0.3, 0.4) is 0 Å². The molecular formula is C15H15N2O3+. The lowest BCUT2D eigenvalue weighted by Crippen LogP contribution is -2.37. The number of carbonyl (C=O) groups excluding carboxylic acids is 1. The Bertz CT molecular complexity index is 621. The number of ketones is 1. The van der Waals surface area contributed by atoms with Gasteiger partial charge in [0.15, 0.2) is 12.4 Å². The number of rotatable bonds is 5. The van der Waals surface area contributed by atoms with Crippen LogP contribution >= 0.6 is 0 Å². The lowest BCUT2D eigenvalue weighted by atomic mass is 10.1. The molecule has 5 heteroatoms. The highest BCUT2D eigenvalue weighted by molar-refractivity contribution is 5.95. The summed E-state index contributed by atoms with van der Waals surface area (Å²) in [5.74, 6) is 0.714. The van der Waals surface area contributed by atoms with Gasteiger partial charge in [0.1, 0.15) is 5.75 Å². The molecule has 0 atom stereocenters. The number of aromatic nitrogens is 1. The van der Waals surface area contributed by atoms with Crippen molar-refractivity contribution in [2.45, 2.75) is 6.54 Å². The van der Waals surface area contributed by atoms with Gasteiger partial charge in [-0.3, -0.25) is 4.79 Å². The first-order valence-corrected chi connectivity index (χ1v) is 6.06. The van der Waals surface area contributed by atoms with Crippen molar-refractivity contribution in [1.82, 2.24) is 0 Å². The molecule has 1 heterocycles. The minimum absolute atomic E-state index is 0.00394. The predicted molar refractivity (Wildman–Crippen MR) is 73.3 cm³/mol. The lowest BCUT2D eigenvalue weighted by molar-refractivity contribution is -0.683. The number of nitrogens with zero attached hydrogens (tertiary/aromatic N) is 2. The Morgan fingerprint density at radius 1 is 1.35 bits per heavy atom. The summed E-state index contributed by atoms with van der Waals surface area (Å²) >= 11 is 0. The van der Waals surface area contributed by atoms with Crippen molar-refractivity contribution in [2.24, 2.45) is 5.16 Å². The minimum atomic E-state index is -0.00394. The summed E-state index contributed by atoms with van der Waals surface area (Å²) in [5, 5.41) is 11.5. The standard InChI is InChI=1S/C15H14N2O3/c1-20-14-6-4-13(5-7-14)15(18)11-17-8-2-3-12(10-17)9-16-19/h2-10H,11H2,1H3/p+1. The molecule has 1 N–H and O–H groups in total. The molecule has 0 bridgehead atoms. The Kier molecular flexibility index (Phi) is 4.44. The third kappa shape index (κ3) is 3.41. The monoisotopic (exact) mass is 271 g/mol. The van der Waals surface area contributed by atoms with Gasteiger partial charge < -0.3 is 9.94 Å². The first-order valence-electron chi connectivity index (χ1n) is 6.06. The van der Waals surface area contributed by atoms with Crippen LogP contribution in [0.5, 0.6) is 5.75 Å². The molecule has 0 saturated carbocycles. The Morgan fingerprint density at radius 2 is 2.10 bits per heavy atom. The molecule has 2 aromatic rings. The average Bonchev–Trinajstić information content (AvgIpc) is 2.48. The molecule has 20 heavy (non-hydrogen) atoms. The maximum Gasteiger partial charge on any atom is 0.227 e. The van der Waals surface area contributed by atoms with E-state index in [0.29, 0.717) is 5.56 Å². The first kappa shape index (κ1) is 13.7. The maximum atomic E-state index is 12.1. The first-order chi connectivity index (χ1) is 9.72. The van der Waals surface area contributed by atoms with E-state index in [1.165, 1.54) is 6.21 Å². The Hall–Kier alpha value is -2.69. The smallest absolute Gasteiger partial charge is 0.227 e. The fourth-order valence-electron chi connectivity index (χ4n) is 1.82. The quantitative estimate of drug-likeness (QED) is 0.296. The number of benzene rings is 1. The maximum absolute atomic E-state index is 12.1. The van der Waals surface area contributed by atoms with E-state index in [2.05, 4.69) is 5.16 Å². The van der Waals surface area contributed by atoms with Crippen molar-refractivity contribution in [3.05, 3.63) is 59.9 Å². The van der Waals surface area contributed by atoms with E-state index >= 15 is 0 Å². The second-order valence-electron chi connectivity index (χ2n) is 4.21. The topological polar surface area (TPSA) is 62.8 Å². The van der Waals surface area contributed by atoms with Crippen LogP contribution < -0.4 is 9.30 Å². The van der Waals surface area contributed by atoms with E-state index < -0.39 is 0 Å². The second kappa shape index (κ2) is 6.47. The fourth-order valence-corrected chi connectivity index (χ4v) is 1.82. The van der Waals surface area contributed by atoms with Gasteiger partial charge in [-0.15, -0.1) is 0 Å². The van der Waals surface area contributed by atoms with Gasteiger partial charge in [0.25, 0.3) is 0 Å². The van der Waals surface area contributed by atoms with Gasteiger partial charge in [-0.1, -0.05) is 5.16 Å². The van der Waals surface area contributed by atoms with Crippen LogP contribution in [0.25, 0.3) is 0 Å². The van der Waals surface area contributed by atoms with E-state index in [1.54, 1.807) is 60.5 Å². The highest BCUT2D eigenvalue weighted by Crippen LogP contribution is 2.11. The van der Waals surface area contributed by atoms with Crippen LogP contribution in [-0.2, 0) is 6.54 Å². The van der Waals surface area contributed by atoms with E-state index in [9.17, 15) is 4.79 Å². The molecule has 0 aliphatic heterocycles. The second-order valence-corrected chi connectivity index (χ2v) is 4.21. The van der Waals surface area contributed by atoms with Gasteiger partial charge in [-0.05, 0) is 30.3 Å². The zero-order valence-electron chi connectivity index (χ0n) is 11.1. The van der Waals surface area contributed by atoms with E-state index in [0.717, 1.165) is 11.3 Å². The Morgan fingerprint density at radius 3 is 2.75 bits per heavy atom. The number of carbonyl (C=O) groups is 1. The van der Waals surface area contributed by atoms with Crippen molar-refractivity contribution < 1.29 is 19.3 Å². The van der Waals surface area contributed by atoms with Gasteiger partial charge in [-0.2, -0.15) is 4.57 Å². The van der Waals surface area contributed by atoms with E-state index in [4.69, 9.17) is 9.94 Å². The minimum Gasteiger partial charge on any atom is -0.497 e. The largest absolute Gasteiger partial charge is 0.497 e. The van der Waals surface area contributed by atoms with E-state index in [1.807, 2.05) is 0 Å². The molecule has 0 radical (unpaired) electrons. The number of methoxy groups -OCH3 is 1. The highest BCUT2D eigenvalue weighted by Gasteiger charge is 2.12. The Balaban J connectivity index is 2.12. The van der Waals surface area contributed by atoms with E-state index in [-0.39, 0.29) is 12.3 Å². The highest BCUT2D eigenvalue weighted by atomic mass is 16.5. The zero-order chi connectivity index (χ0) is 14.4. The van der Waals surface area contributed by atoms with Crippen molar-refractivity contribution in [3.8, 4) is 5.75 Å². The molecule has 0 aliphatic rings. The van der Waals surface area contributed by atoms with Crippen molar-refractivity contribution in [2.75, 3.05) is 7.11 Å². The summed E-state index contributed by atoms with van der Waals surface area (Å²) < 4.78 is 6.79. The van der Waals surface area contributed by atoms with Crippen LogP contribution in [-0.4, -0.2) is 24.3 Å². The molecule has 0 spiro atoms. The summed E-state index contributed by atoms with van der Waals surface area (Å²) in [6.07, 6.45) is 4.84. The van der Waals surface area contributed by atoms with Crippen molar-refractivity contribution in [1.29, 1.82) is 0 Å². The van der Waals surface area contributed by atoms with Crippen LogP contribution in [0.2, 0.25) is 0 Å². The molecule has 0 aliphatic carbocycles. The summed E-state index contributed by atoms with van der Waals surface area (Å²) in [4.78, 5) is 12.1. The third-order valence-corrected chi connectivity index (χ3v) is 2.83. The SMILES string of the molecule is COc1ccc(C(=O)C[n+]2cccc(C=NO)c2)cc1. The molecule has 102 valence electrons. The number of oxime groups is 1. The molecule has 2 rings (SSSR count). The zero-order valence-corrected chi connectivity index (χ0v) is 11.1.